The third-order valence-electron chi connectivity index (χ3n) is 1.88. The molecule has 2 aromatic heterocycles. The van der Waals surface area contributed by atoms with E-state index in [0.29, 0.717) is 5.15 Å². The van der Waals surface area contributed by atoms with E-state index in [0.717, 1.165) is 24.6 Å². The van der Waals surface area contributed by atoms with Crippen LogP contribution in [-0.2, 0) is 6.54 Å². The van der Waals surface area contributed by atoms with Crippen molar-refractivity contribution < 1.29 is 0 Å². The lowest BCUT2D eigenvalue weighted by atomic mass is 10.4. The first-order chi connectivity index (χ1) is 7.34. The average molecular weight is 243 g/mol. The van der Waals surface area contributed by atoms with E-state index in [1.165, 1.54) is 11.3 Å². The van der Waals surface area contributed by atoms with E-state index in [4.69, 9.17) is 11.6 Å². The van der Waals surface area contributed by atoms with E-state index in [1.807, 2.05) is 22.3 Å². The summed E-state index contributed by atoms with van der Waals surface area (Å²) >= 11 is 7.22. The molecule has 6 heteroatoms. The normalized spacial score (nSPS) is 10.5. The van der Waals surface area contributed by atoms with Crippen molar-refractivity contribution in [1.29, 1.82) is 0 Å². The summed E-state index contributed by atoms with van der Waals surface area (Å²) in [6, 6.07) is 1.92. The minimum atomic E-state index is 0.551. The maximum atomic E-state index is 5.70. The molecule has 0 fully saturated rings. The Labute approximate surface area is 96.9 Å². The molecular weight excluding hydrogens is 232 g/mol. The largest absolute Gasteiger partial charge is 0.361 e. The molecule has 0 atom stereocenters. The fourth-order valence-corrected chi connectivity index (χ4v) is 2.07. The lowest BCUT2D eigenvalue weighted by molar-refractivity contribution is 0.592. The molecule has 2 aromatic rings. The maximum absolute atomic E-state index is 5.70. The Morgan fingerprint density at radius 2 is 2.47 bits per heavy atom. The topological polar surface area (TPSA) is 42.7 Å². The Hall–Kier alpha value is -1.07. The second-order valence-corrected chi connectivity index (χ2v) is 4.27. The zero-order chi connectivity index (χ0) is 10.5. The third kappa shape index (κ3) is 3.21. The highest BCUT2D eigenvalue weighted by Gasteiger charge is 1.97. The number of halogens is 1. The summed E-state index contributed by atoms with van der Waals surface area (Å²) in [6.45, 7) is 1.79. The Morgan fingerprint density at radius 1 is 1.53 bits per heavy atom. The minimum Gasteiger partial charge on any atom is -0.361 e. The fourth-order valence-electron chi connectivity index (χ4n) is 1.20. The summed E-state index contributed by atoms with van der Waals surface area (Å²) in [5.41, 5.74) is 0. The summed E-state index contributed by atoms with van der Waals surface area (Å²) in [6.07, 6.45) is 4.76. The highest BCUT2D eigenvalue weighted by atomic mass is 35.5. The highest BCUT2D eigenvalue weighted by Crippen LogP contribution is 2.18. The van der Waals surface area contributed by atoms with Crippen LogP contribution >= 0.6 is 22.9 Å². The van der Waals surface area contributed by atoms with Gasteiger partial charge in [-0.3, -0.25) is 4.68 Å². The van der Waals surface area contributed by atoms with Crippen LogP contribution in [0.3, 0.4) is 0 Å². The van der Waals surface area contributed by atoms with Gasteiger partial charge in [-0.2, -0.15) is 5.10 Å². The zero-order valence-corrected chi connectivity index (χ0v) is 9.63. The Morgan fingerprint density at radius 3 is 3.13 bits per heavy atom. The van der Waals surface area contributed by atoms with Crippen LogP contribution in [-0.4, -0.2) is 21.3 Å². The molecule has 0 unspecified atom stereocenters. The van der Waals surface area contributed by atoms with Gasteiger partial charge in [0.1, 0.15) is 5.15 Å². The van der Waals surface area contributed by atoms with Crippen LogP contribution in [0.2, 0.25) is 5.15 Å². The first-order valence-electron chi connectivity index (χ1n) is 4.67. The number of thiazole rings is 1. The smallest absolute Gasteiger partial charge is 0.184 e. The molecule has 0 radical (unpaired) electrons. The minimum absolute atomic E-state index is 0.551. The number of hydrogen-bond acceptors (Lipinski definition) is 4. The molecule has 15 heavy (non-hydrogen) atoms. The number of nitrogens with zero attached hydrogens (tertiary/aromatic N) is 3. The van der Waals surface area contributed by atoms with Crippen molar-refractivity contribution in [2.24, 2.45) is 0 Å². The molecule has 0 spiro atoms. The lowest BCUT2D eigenvalue weighted by Crippen LogP contribution is -2.06. The van der Waals surface area contributed by atoms with E-state index in [9.17, 15) is 0 Å². The SMILES string of the molecule is Clc1csc(NCCCn2cccn2)n1. The molecule has 0 saturated carbocycles. The number of rotatable bonds is 5. The van der Waals surface area contributed by atoms with Crippen molar-refractivity contribution >= 4 is 28.1 Å². The average Bonchev–Trinajstić information content (AvgIpc) is 2.84. The highest BCUT2D eigenvalue weighted by molar-refractivity contribution is 7.14. The quantitative estimate of drug-likeness (QED) is 0.820. The summed E-state index contributed by atoms with van der Waals surface area (Å²) in [7, 11) is 0. The molecule has 0 bridgehead atoms. The molecule has 2 heterocycles. The third-order valence-corrected chi connectivity index (χ3v) is 3.00. The van der Waals surface area contributed by atoms with Crippen LogP contribution in [0, 0.1) is 0 Å². The first kappa shape index (κ1) is 10.4. The number of hydrogen-bond donors (Lipinski definition) is 1. The number of anilines is 1. The van der Waals surface area contributed by atoms with Gasteiger partial charge in [0.15, 0.2) is 5.13 Å². The zero-order valence-electron chi connectivity index (χ0n) is 8.06. The molecule has 0 aliphatic heterocycles. The van der Waals surface area contributed by atoms with Crippen LogP contribution < -0.4 is 5.32 Å². The maximum Gasteiger partial charge on any atom is 0.184 e. The van der Waals surface area contributed by atoms with Crippen molar-refractivity contribution in [3.05, 3.63) is 29.0 Å². The van der Waals surface area contributed by atoms with Crippen molar-refractivity contribution in [3.63, 3.8) is 0 Å². The first-order valence-corrected chi connectivity index (χ1v) is 5.93. The van der Waals surface area contributed by atoms with Gasteiger partial charge in [-0.15, -0.1) is 11.3 Å². The summed E-state index contributed by atoms with van der Waals surface area (Å²) in [5.74, 6) is 0. The summed E-state index contributed by atoms with van der Waals surface area (Å²) in [5, 5.41) is 10.6. The van der Waals surface area contributed by atoms with E-state index in [1.54, 1.807) is 6.20 Å². The fraction of sp³-hybridized carbons (Fsp3) is 0.333. The van der Waals surface area contributed by atoms with Crippen LogP contribution in [0.5, 0.6) is 0 Å². The number of aromatic nitrogens is 3. The predicted molar refractivity (Wildman–Crippen MR) is 62.5 cm³/mol. The standard InChI is InChI=1S/C9H11ClN4S/c10-8-7-15-9(13-8)11-3-1-5-14-6-2-4-12-14/h2,4,6-7H,1,3,5H2,(H,11,13). The van der Waals surface area contributed by atoms with E-state index < -0.39 is 0 Å². The Balaban J connectivity index is 1.67. The van der Waals surface area contributed by atoms with Crippen molar-refractivity contribution in [2.75, 3.05) is 11.9 Å². The lowest BCUT2D eigenvalue weighted by Gasteiger charge is -2.02. The van der Waals surface area contributed by atoms with E-state index in [2.05, 4.69) is 15.4 Å². The van der Waals surface area contributed by atoms with Gasteiger partial charge in [-0.25, -0.2) is 4.98 Å². The van der Waals surface area contributed by atoms with E-state index in [-0.39, 0.29) is 0 Å². The molecule has 0 saturated heterocycles. The molecule has 4 nitrogen and oxygen atoms in total. The van der Waals surface area contributed by atoms with Gasteiger partial charge < -0.3 is 5.32 Å². The molecule has 0 aliphatic rings. The molecular formula is C9H11ClN4S. The van der Waals surface area contributed by atoms with Crippen molar-refractivity contribution in [2.45, 2.75) is 13.0 Å². The van der Waals surface area contributed by atoms with Gasteiger partial charge in [-0.1, -0.05) is 11.6 Å². The number of aryl methyl sites for hydroxylation is 1. The van der Waals surface area contributed by atoms with Gasteiger partial charge >= 0.3 is 0 Å². The Kier molecular flexibility index (Phi) is 3.58. The van der Waals surface area contributed by atoms with Gasteiger partial charge in [0.05, 0.1) is 0 Å². The van der Waals surface area contributed by atoms with Gasteiger partial charge in [0.25, 0.3) is 0 Å². The van der Waals surface area contributed by atoms with Crippen molar-refractivity contribution in [1.82, 2.24) is 14.8 Å². The van der Waals surface area contributed by atoms with Crippen LogP contribution in [0.4, 0.5) is 5.13 Å². The molecule has 2 rings (SSSR count). The predicted octanol–water partition coefficient (Wildman–Crippen LogP) is 2.50. The van der Waals surface area contributed by atoms with Crippen LogP contribution in [0.25, 0.3) is 0 Å². The van der Waals surface area contributed by atoms with E-state index >= 15 is 0 Å². The van der Waals surface area contributed by atoms with Gasteiger partial charge in [0.2, 0.25) is 0 Å². The van der Waals surface area contributed by atoms with Gasteiger partial charge in [-0.05, 0) is 12.5 Å². The second-order valence-electron chi connectivity index (χ2n) is 3.02. The van der Waals surface area contributed by atoms with Crippen molar-refractivity contribution in [3.8, 4) is 0 Å². The number of nitrogens with one attached hydrogen (secondary N) is 1. The molecule has 0 amide bonds. The molecule has 1 N–H and O–H groups in total. The second kappa shape index (κ2) is 5.14. The van der Waals surface area contributed by atoms with Gasteiger partial charge in [0, 0.05) is 30.9 Å². The van der Waals surface area contributed by atoms with Crippen LogP contribution in [0.15, 0.2) is 23.8 Å². The molecule has 0 aliphatic carbocycles. The summed E-state index contributed by atoms with van der Waals surface area (Å²) in [4.78, 5) is 4.10. The molecule has 80 valence electrons. The monoisotopic (exact) mass is 242 g/mol. The van der Waals surface area contributed by atoms with Crippen LogP contribution in [0.1, 0.15) is 6.42 Å². The summed E-state index contributed by atoms with van der Waals surface area (Å²) < 4.78 is 1.91. The molecule has 0 aromatic carbocycles. The Bertz CT molecular complexity index is 398.